The van der Waals surface area contributed by atoms with Crippen molar-refractivity contribution in [3.8, 4) is 0 Å². The molecule has 4 rings (SSSR count). The van der Waals surface area contributed by atoms with Gasteiger partial charge in [0.05, 0.1) is 17.0 Å². The summed E-state index contributed by atoms with van der Waals surface area (Å²) in [6.45, 7) is 2.96. The van der Waals surface area contributed by atoms with Gasteiger partial charge in [0.15, 0.2) is 4.77 Å². The van der Waals surface area contributed by atoms with Gasteiger partial charge in [-0.2, -0.15) is 0 Å². The highest BCUT2D eigenvalue weighted by molar-refractivity contribution is 7.71. The van der Waals surface area contributed by atoms with Crippen molar-refractivity contribution in [3.05, 3.63) is 75.0 Å². The highest BCUT2D eigenvalue weighted by atomic mass is 32.1. The molecule has 3 aromatic rings. The standard InChI is InChI=1S/C22H24FN3O2S/c23-17-7-5-15(6-8-17)20(27)16-9-11-25(12-10-16)13-14-26-21(28)18-3-1-2-4-19(18)24-22(26)29/h1-8,16,20,27H,9-14H2,(H,24,29)/t20-/m0/s1. The summed E-state index contributed by atoms with van der Waals surface area (Å²) in [5.41, 5.74) is 1.46. The molecular formula is C22H24FN3O2S. The van der Waals surface area contributed by atoms with Gasteiger partial charge in [0.25, 0.3) is 5.56 Å². The largest absolute Gasteiger partial charge is 0.388 e. The van der Waals surface area contributed by atoms with Gasteiger partial charge in [0.2, 0.25) is 0 Å². The molecule has 7 heteroatoms. The summed E-state index contributed by atoms with van der Waals surface area (Å²) < 4.78 is 15.2. The van der Waals surface area contributed by atoms with Crippen molar-refractivity contribution < 1.29 is 9.50 Å². The second-order valence-corrected chi connectivity index (χ2v) is 7.99. The Balaban J connectivity index is 1.37. The van der Waals surface area contributed by atoms with Crippen molar-refractivity contribution in [1.29, 1.82) is 0 Å². The summed E-state index contributed by atoms with van der Waals surface area (Å²) in [7, 11) is 0. The van der Waals surface area contributed by atoms with E-state index in [1.165, 1.54) is 12.1 Å². The molecule has 1 atom stereocenters. The first-order valence-electron chi connectivity index (χ1n) is 9.90. The lowest BCUT2D eigenvalue weighted by Gasteiger charge is -2.34. The summed E-state index contributed by atoms with van der Waals surface area (Å²) in [5.74, 6) is -0.138. The number of aliphatic hydroxyl groups is 1. The van der Waals surface area contributed by atoms with Gasteiger partial charge in [-0.25, -0.2) is 4.39 Å². The first kappa shape index (κ1) is 19.9. The van der Waals surface area contributed by atoms with Crippen molar-refractivity contribution in [1.82, 2.24) is 14.5 Å². The lowest BCUT2D eigenvalue weighted by Crippen LogP contribution is -2.38. The number of likely N-dealkylation sites (tertiary alicyclic amines) is 1. The van der Waals surface area contributed by atoms with E-state index >= 15 is 0 Å². The topological polar surface area (TPSA) is 61.3 Å². The molecule has 1 aliphatic rings. The van der Waals surface area contributed by atoms with Crippen molar-refractivity contribution in [2.75, 3.05) is 19.6 Å². The van der Waals surface area contributed by atoms with Crippen LogP contribution in [0.1, 0.15) is 24.5 Å². The van der Waals surface area contributed by atoms with Gasteiger partial charge in [-0.1, -0.05) is 24.3 Å². The maximum Gasteiger partial charge on any atom is 0.262 e. The number of nitrogens with one attached hydrogen (secondary N) is 1. The van der Waals surface area contributed by atoms with Gasteiger partial charge >= 0.3 is 0 Å². The van der Waals surface area contributed by atoms with Gasteiger partial charge in [-0.3, -0.25) is 9.36 Å². The molecule has 2 aromatic carbocycles. The maximum absolute atomic E-state index is 13.1. The third-order valence-electron chi connectivity index (χ3n) is 5.82. The number of hydrogen-bond acceptors (Lipinski definition) is 4. The minimum Gasteiger partial charge on any atom is -0.388 e. The van der Waals surface area contributed by atoms with E-state index in [1.807, 2.05) is 24.3 Å². The highest BCUT2D eigenvalue weighted by Gasteiger charge is 2.26. The van der Waals surface area contributed by atoms with Crippen LogP contribution in [0.2, 0.25) is 0 Å². The second-order valence-electron chi connectivity index (χ2n) is 7.61. The molecule has 0 amide bonds. The Morgan fingerprint density at radius 1 is 1.10 bits per heavy atom. The SMILES string of the molecule is O=c1c2ccccc2[nH]c(=S)n1CCN1CCC([C@@H](O)c2ccc(F)cc2)CC1. The van der Waals surface area contributed by atoms with Gasteiger partial charge < -0.3 is 15.0 Å². The van der Waals surface area contributed by atoms with Crippen LogP contribution in [0.25, 0.3) is 10.9 Å². The smallest absolute Gasteiger partial charge is 0.262 e. The van der Waals surface area contributed by atoms with E-state index in [0.29, 0.717) is 16.7 Å². The molecule has 2 N–H and O–H groups in total. The number of aliphatic hydroxyl groups excluding tert-OH is 1. The first-order valence-corrected chi connectivity index (χ1v) is 10.3. The molecule has 0 radical (unpaired) electrons. The molecule has 1 fully saturated rings. The van der Waals surface area contributed by atoms with Crippen molar-refractivity contribution in [2.24, 2.45) is 5.92 Å². The van der Waals surface area contributed by atoms with Gasteiger partial charge in [-0.05, 0) is 73.9 Å². The molecule has 2 heterocycles. The second kappa shape index (κ2) is 8.57. The van der Waals surface area contributed by atoms with Crippen LogP contribution in [0.15, 0.2) is 53.3 Å². The van der Waals surface area contributed by atoms with Crippen LogP contribution in [-0.4, -0.2) is 39.2 Å². The Morgan fingerprint density at radius 2 is 1.79 bits per heavy atom. The molecule has 0 spiro atoms. The van der Waals surface area contributed by atoms with Crippen LogP contribution in [0.5, 0.6) is 0 Å². The molecule has 5 nitrogen and oxygen atoms in total. The minimum atomic E-state index is -0.574. The third kappa shape index (κ3) is 4.32. The molecule has 0 saturated carbocycles. The zero-order chi connectivity index (χ0) is 20.4. The summed E-state index contributed by atoms with van der Waals surface area (Å²) >= 11 is 5.38. The molecule has 1 saturated heterocycles. The van der Waals surface area contributed by atoms with Gasteiger partial charge in [-0.15, -0.1) is 0 Å². The van der Waals surface area contributed by atoms with E-state index < -0.39 is 6.10 Å². The van der Waals surface area contributed by atoms with E-state index in [9.17, 15) is 14.3 Å². The van der Waals surface area contributed by atoms with Crippen LogP contribution < -0.4 is 5.56 Å². The number of piperidine rings is 1. The lowest BCUT2D eigenvalue weighted by atomic mass is 9.87. The van der Waals surface area contributed by atoms with Crippen LogP contribution in [0.3, 0.4) is 0 Å². The first-order chi connectivity index (χ1) is 14.0. The number of aromatic amines is 1. The fraction of sp³-hybridized carbons (Fsp3) is 0.364. The zero-order valence-electron chi connectivity index (χ0n) is 16.1. The number of nitrogens with zero attached hydrogens (tertiary/aromatic N) is 2. The van der Waals surface area contributed by atoms with Crippen LogP contribution in [-0.2, 0) is 6.54 Å². The van der Waals surface area contributed by atoms with Crippen molar-refractivity contribution in [2.45, 2.75) is 25.5 Å². The van der Waals surface area contributed by atoms with Gasteiger partial charge in [0, 0.05) is 13.1 Å². The number of rotatable bonds is 5. The predicted molar refractivity (Wildman–Crippen MR) is 114 cm³/mol. The van der Waals surface area contributed by atoms with E-state index in [4.69, 9.17) is 12.2 Å². The number of benzene rings is 2. The monoisotopic (exact) mass is 413 g/mol. The fourth-order valence-corrected chi connectivity index (χ4v) is 4.35. The lowest BCUT2D eigenvalue weighted by molar-refractivity contribution is 0.0578. The number of halogens is 1. The minimum absolute atomic E-state index is 0.0639. The molecule has 0 unspecified atom stereocenters. The van der Waals surface area contributed by atoms with E-state index in [-0.39, 0.29) is 17.3 Å². The Bertz CT molecular complexity index is 1100. The Morgan fingerprint density at radius 3 is 2.52 bits per heavy atom. The quantitative estimate of drug-likeness (QED) is 0.627. The Hall–Kier alpha value is -2.35. The molecule has 1 aromatic heterocycles. The summed E-state index contributed by atoms with van der Waals surface area (Å²) in [6, 6.07) is 13.5. The molecule has 1 aliphatic heterocycles. The number of fused-ring (bicyclic) bond motifs is 1. The normalized spacial score (nSPS) is 16.9. The average molecular weight is 414 g/mol. The number of hydrogen-bond donors (Lipinski definition) is 2. The summed E-state index contributed by atoms with van der Waals surface area (Å²) in [6.07, 6.45) is 1.14. The Kier molecular flexibility index (Phi) is 5.89. The molecule has 152 valence electrons. The van der Waals surface area contributed by atoms with Crippen LogP contribution >= 0.6 is 12.2 Å². The zero-order valence-corrected chi connectivity index (χ0v) is 16.9. The fourth-order valence-electron chi connectivity index (χ4n) is 4.07. The van der Waals surface area contributed by atoms with Crippen LogP contribution in [0, 0.1) is 16.5 Å². The predicted octanol–water partition coefficient (Wildman–Crippen LogP) is 3.64. The van der Waals surface area contributed by atoms with E-state index in [2.05, 4.69) is 9.88 Å². The number of aromatic nitrogens is 2. The summed E-state index contributed by atoms with van der Waals surface area (Å²) in [4.78, 5) is 18.2. The van der Waals surface area contributed by atoms with E-state index in [0.717, 1.165) is 43.6 Å². The maximum atomic E-state index is 13.1. The molecule has 0 bridgehead atoms. The Labute approximate surface area is 173 Å². The van der Waals surface area contributed by atoms with Crippen molar-refractivity contribution in [3.63, 3.8) is 0 Å². The van der Waals surface area contributed by atoms with Gasteiger partial charge in [0.1, 0.15) is 5.82 Å². The molecule has 29 heavy (non-hydrogen) atoms. The van der Waals surface area contributed by atoms with Crippen LogP contribution in [0.4, 0.5) is 4.39 Å². The van der Waals surface area contributed by atoms with E-state index in [1.54, 1.807) is 16.7 Å². The number of H-pyrrole nitrogens is 1. The molecule has 0 aliphatic carbocycles. The number of para-hydroxylation sites is 1. The average Bonchev–Trinajstić information content (AvgIpc) is 2.74. The molecular weight excluding hydrogens is 389 g/mol. The third-order valence-corrected chi connectivity index (χ3v) is 6.14. The summed E-state index contributed by atoms with van der Waals surface area (Å²) in [5, 5.41) is 11.2. The highest BCUT2D eigenvalue weighted by Crippen LogP contribution is 2.30. The van der Waals surface area contributed by atoms with Crippen molar-refractivity contribution >= 4 is 23.1 Å².